The molecule has 1 aliphatic rings. The summed E-state index contributed by atoms with van der Waals surface area (Å²) < 4.78 is 2.26. The molecule has 5 rings (SSSR count). The third kappa shape index (κ3) is 4.71. The van der Waals surface area contributed by atoms with Gasteiger partial charge >= 0.3 is 5.69 Å². The van der Waals surface area contributed by atoms with Crippen molar-refractivity contribution in [2.45, 2.75) is 26.7 Å². The van der Waals surface area contributed by atoms with Crippen LogP contribution in [-0.2, 0) is 6.42 Å². The Kier molecular flexibility index (Phi) is 6.04. The maximum absolute atomic E-state index is 11.6. The van der Waals surface area contributed by atoms with Crippen LogP contribution >= 0.6 is 0 Å². The molecule has 0 saturated heterocycles. The van der Waals surface area contributed by atoms with Crippen molar-refractivity contribution >= 4 is 22.8 Å². The van der Waals surface area contributed by atoms with Gasteiger partial charge in [-0.25, -0.2) is 0 Å². The summed E-state index contributed by atoms with van der Waals surface area (Å²) in [4.78, 5) is 21.4. The molecule has 0 fully saturated rings. The van der Waals surface area contributed by atoms with E-state index in [1.54, 1.807) is 0 Å². The zero-order valence-electron chi connectivity index (χ0n) is 20.4. The first-order valence-electron chi connectivity index (χ1n) is 11.8. The predicted molar refractivity (Wildman–Crippen MR) is 143 cm³/mol. The molecule has 0 spiro atoms. The molecule has 3 aromatic carbocycles. The first-order valence-corrected chi connectivity index (χ1v) is 11.8. The third-order valence-electron chi connectivity index (χ3n) is 6.49. The van der Waals surface area contributed by atoms with Crippen molar-refractivity contribution in [3.8, 4) is 16.9 Å². The minimum atomic E-state index is -0.657. The molecular weight excluding hydrogens is 470 g/mol. The fourth-order valence-electron chi connectivity index (χ4n) is 4.84. The standard InChI is InChI=1S/C28H25N5O4/c1-28(2)17-24(30-29-23-14-13-21(32(34)35)15-26(23)33(36)37)22-16-25(19-9-5-3-6-10-19)31(27(22)18-28)20-11-7-4-8-12-20/h3-16,29H,17-18H2,1-2H3/b30-24+. The van der Waals surface area contributed by atoms with Gasteiger partial charge in [-0.05, 0) is 48.1 Å². The van der Waals surface area contributed by atoms with Crippen LogP contribution in [-0.4, -0.2) is 20.1 Å². The van der Waals surface area contributed by atoms with Crippen LogP contribution in [0.3, 0.4) is 0 Å². The number of nitrogens with zero attached hydrogens (tertiary/aromatic N) is 4. The fraction of sp³-hybridized carbons (Fsp3) is 0.179. The zero-order valence-corrected chi connectivity index (χ0v) is 20.4. The van der Waals surface area contributed by atoms with Crippen LogP contribution in [0.15, 0.2) is 90.0 Å². The Morgan fingerprint density at radius 2 is 1.54 bits per heavy atom. The number of aromatic nitrogens is 1. The van der Waals surface area contributed by atoms with Gasteiger partial charge in [0, 0.05) is 23.0 Å². The summed E-state index contributed by atoms with van der Waals surface area (Å²) in [5, 5.41) is 27.3. The first kappa shape index (κ1) is 23.9. The van der Waals surface area contributed by atoms with Crippen LogP contribution < -0.4 is 5.43 Å². The number of para-hydroxylation sites is 1. The summed E-state index contributed by atoms with van der Waals surface area (Å²) in [6.07, 6.45) is 1.47. The molecule has 1 aliphatic carbocycles. The highest BCUT2D eigenvalue weighted by molar-refractivity contribution is 6.05. The van der Waals surface area contributed by atoms with E-state index in [4.69, 9.17) is 0 Å². The van der Waals surface area contributed by atoms with Crippen LogP contribution in [0.25, 0.3) is 16.9 Å². The highest BCUT2D eigenvalue weighted by Crippen LogP contribution is 2.41. The number of fused-ring (bicyclic) bond motifs is 1. The van der Waals surface area contributed by atoms with E-state index < -0.39 is 15.5 Å². The maximum Gasteiger partial charge on any atom is 0.301 e. The number of hydrogen-bond acceptors (Lipinski definition) is 6. The predicted octanol–water partition coefficient (Wildman–Crippen LogP) is 6.75. The van der Waals surface area contributed by atoms with Crippen molar-refractivity contribution < 1.29 is 9.85 Å². The summed E-state index contributed by atoms with van der Waals surface area (Å²) in [7, 11) is 0. The Hall–Kier alpha value is -4.79. The number of benzene rings is 3. The van der Waals surface area contributed by atoms with Gasteiger partial charge in [0.1, 0.15) is 5.69 Å². The number of hydrogen-bond donors (Lipinski definition) is 1. The molecule has 0 radical (unpaired) electrons. The second kappa shape index (κ2) is 9.34. The van der Waals surface area contributed by atoms with Crippen molar-refractivity contribution in [2.75, 3.05) is 5.43 Å². The van der Waals surface area contributed by atoms with E-state index in [-0.39, 0.29) is 16.8 Å². The van der Waals surface area contributed by atoms with E-state index in [2.05, 4.69) is 59.3 Å². The van der Waals surface area contributed by atoms with Crippen LogP contribution in [0.5, 0.6) is 0 Å². The molecule has 37 heavy (non-hydrogen) atoms. The average molecular weight is 496 g/mol. The summed E-state index contributed by atoms with van der Waals surface area (Å²) in [6.45, 7) is 4.34. The van der Waals surface area contributed by atoms with Gasteiger partial charge in [0.05, 0.1) is 27.3 Å². The molecule has 1 heterocycles. The number of nitro groups is 2. The molecule has 9 nitrogen and oxygen atoms in total. The van der Waals surface area contributed by atoms with Gasteiger partial charge in [-0.2, -0.15) is 5.10 Å². The lowest BCUT2D eigenvalue weighted by molar-refractivity contribution is -0.393. The molecule has 0 amide bonds. The van der Waals surface area contributed by atoms with Crippen molar-refractivity contribution in [2.24, 2.45) is 10.5 Å². The normalized spacial score (nSPS) is 15.2. The van der Waals surface area contributed by atoms with Crippen molar-refractivity contribution in [3.05, 3.63) is 116 Å². The zero-order chi connectivity index (χ0) is 26.2. The fourth-order valence-corrected chi connectivity index (χ4v) is 4.84. The largest absolute Gasteiger partial charge is 0.313 e. The SMILES string of the molecule is CC1(C)C/C(=N\Nc2ccc([N+](=O)[O-])cc2[N+](=O)[O-])c2cc(-c3ccccc3)n(-c3ccccc3)c2C1. The Bertz CT molecular complexity index is 1530. The lowest BCUT2D eigenvalue weighted by atomic mass is 9.76. The number of hydrazone groups is 1. The quantitative estimate of drug-likeness (QED) is 0.235. The third-order valence-corrected chi connectivity index (χ3v) is 6.49. The molecule has 4 aromatic rings. The monoisotopic (exact) mass is 495 g/mol. The van der Waals surface area contributed by atoms with Crippen molar-refractivity contribution in [1.82, 2.24) is 4.57 Å². The van der Waals surface area contributed by atoms with Gasteiger partial charge in [-0.15, -0.1) is 0 Å². The van der Waals surface area contributed by atoms with E-state index >= 15 is 0 Å². The molecule has 0 bridgehead atoms. The van der Waals surface area contributed by atoms with Gasteiger partial charge < -0.3 is 4.57 Å². The first-order chi connectivity index (χ1) is 17.7. The molecule has 9 heteroatoms. The molecule has 1 N–H and O–H groups in total. The van der Waals surface area contributed by atoms with Gasteiger partial charge in [0.2, 0.25) is 0 Å². The van der Waals surface area contributed by atoms with Gasteiger partial charge in [0.15, 0.2) is 0 Å². The number of anilines is 1. The molecule has 0 atom stereocenters. The Labute approximate surface area is 213 Å². The van der Waals surface area contributed by atoms with E-state index in [9.17, 15) is 20.2 Å². The van der Waals surface area contributed by atoms with Crippen LogP contribution in [0.1, 0.15) is 31.5 Å². The topological polar surface area (TPSA) is 116 Å². The second-order valence-electron chi connectivity index (χ2n) is 9.83. The van der Waals surface area contributed by atoms with Crippen LogP contribution in [0, 0.1) is 25.6 Å². The van der Waals surface area contributed by atoms with E-state index in [0.29, 0.717) is 6.42 Å². The maximum atomic E-state index is 11.6. The number of nitro benzene ring substituents is 2. The summed E-state index contributed by atoms with van der Waals surface area (Å²) in [6, 6.07) is 25.9. The van der Waals surface area contributed by atoms with Crippen molar-refractivity contribution in [3.63, 3.8) is 0 Å². The number of nitrogens with one attached hydrogen (secondary N) is 1. The van der Waals surface area contributed by atoms with Gasteiger partial charge in [-0.3, -0.25) is 25.7 Å². The van der Waals surface area contributed by atoms with Gasteiger partial charge in [0.25, 0.3) is 5.69 Å². The highest BCUT2D eigenvalue weighted by atomic mass is 16.6. The molecule has 0 saturated carbocycles. The average Bonchev–Trinajstić information content (AvgIpc) is 3.26. The van der Waals surface area contributed by atoms with E-state index in [1.807, 2.05) is 36.4 Å². The molecule has 0 unspecified atom stereocenters. The van der Waals surface area contributed by atoms with Crippen LogP contribution in [0.2, 0.25) is 0 Å². The highest BCUT2D eigenvalue weighted by Gasteiger charge is 2.34. The Morgan fingerprint density at radius 3 is 2.19 bits per heavy atom. The molecule has 1 aromatic heterocycles. The van der Waals surface area contributed by atoms with Gasteiger partial charge in [-0.1, -0.05) is 62.4 Å². The molecular formula is C28H25N5O4. The second-order valence-corrected chi connectivity index (χ2v) is 9.83. The lowest BCUT2D eigenvalue weighted by Crippen LogP contribution is -2.29. The Morgan fingerprint density at radius 1 is 0.865 bits per heavy atom. The lowest BCUT2D eigenvalue weighted by Gasteiger charge is -2.32. The molecule has 186 valence electrons. The van der Waals surface area contributed by atoms with E-state index in [1.165, 1.54) is 12.1 Å². The molecule has 0 aliphatic heterocycles. The number of rotatable bonds is 6. The summed E-state index contributed by atoms with van der Waals surface area (Å²) in [5.41, 5.74) is 8.05. The Balaban J connectivity index is 1.65. The minimum absolute atomic E-state index is 0.0961. The summed E-state index contributed by atoms with van der Waals surface area (Å²) >= 11 is 0. The number of non-ortho nitro benzene ring substituents is 1. The minimum Gasteiger partial charge on any atom is -0.313 e. The van der Waals surface area contributed by atoms with E-state index in [0.717, 1.165) is 46.4 Å². The smallest absolute Gasteiger partial charge is 0.301 e. The van der Waals surface area contributed by atoms with Crippen LogP contribution in [0.4, 0.5) is 17.1 Å². The summed E-state index contributed by atoms with van der Waals surface area (Å²) in [5.74, 6) is 0. The van der Waals surface area contributed by atoms with Crippen molar-refractivity contribution in [1.29, 1.82) is 0 Å².